The monoisotopic (exact) mass is 599 g/mol. The standard InChI is InChI=1S/C29H38BrN5O4/c1-7-39-27-22(17-20(30)19-31-27)24(36)13-15-29(2,3)18-25(37)32-26-23(14-16-33(4)5)34(6)35(28(26)38)21-11-9-8-10-12-21/h8-12,17,19H,7,13-16,18H2,1-6H3,(H,32,37). The van der Waals surface area contributed by atoms with Gasteiger partial charge in [-0.3, -0.25) is 19.1 Å². The van der Waals surface area contributed by atoms with E-state index in [2.05, 4.69) is 26.2 Å². The minimum Gasteiger partial charge on any atom is -0.477 e. The van der Waals surface area contributed by atoms with E-state index >= 15 is 0 Å². The maximum Gasteiger partial charge on any atom is 0.295 e. The van der Waals surface area contributed by atoms with Crippen molar-refractivity contribution in [3.05, 3.63) is 68.7 Å². The summed E-state index contributed by atoms with van der Waals surface area (Å²) in [5, 5.41) is 2.91. The van der Waals surface area contributed by atoms with E-state index < -0.39 is 5.41 Å². The molecule has 0 aliphatic carbocycles. The van der Waals surface area contributed by atoms with Crippen LogP contribution in [0, 0.1) is 5.41 Å². The van der Waals surface area contributed by atoms with Crippen LogP contribution in [0.25, 0.3) is 5.69 Å². The first-order valence-corrected chi connectivity index (χ1v) is 13.8. The summed E-state index contributed by atoms with van der Waals surface area (Å²) in [4.78, 5) is 46.0. The lowest BCUT2D eigenvalue weighted by molar-refractivity contribution is -0.118. The van der Waals surface area contributed by atoms with E-state index in [9.17, 15) is 14.4 Å². The normalized spacial score (nSPS) is 11.6. The Bertz CT molecular complexity index is 1360. The van der Waals surface area contributed by atoms with E-state index in [1.165, 1.54) is 0 Å². The van der Waals surface area contributed by atoms with E-state index in [0.29, 0.717) is 41.1 Å². The number of nitrogens with one attached hydrogen (secondary N) is 1. The highest BCUT2D eigenvalue weighted by molar-refractivity contribution is 9.10. The number of rotatable bonds is 13. The van der Waals surface area contributed by atoms with Gasteiger partial charge in [-0.15, -0.1) is 0 Å². The van der Waals surface area contributed by atoms with Crippen LogP contribution in [0.2, 0.25) is 0 Å². The molecule has 1 amide bonds. The molecule has 2 aromatic heterocycles. The van der Waals surface area contributed by atoms with Crippen molar-refractivity contribution in [2.24, 2.45) is 12.5 Å². The Kier molecular flexibility index (Phi) is 10.3. The third-order valence-corrected chi connectivity index (χ3v) is 6.95. The first-order chi connectivity index (χ1) is 18.4. The second-order valence-electron chi connectivity index (χ2n) is 10.6. The average Bonchev–Trinajstić information content (AvgIpc) is 3.10. The number of nitrogens with zero attached hydrogens (tertiary/aromatic N) is 4. The number of ketones is 1. The van der Waals surface area contributed by atoms with Gasteiger partial charge in [0.1, 0.15) is 5.69 Å². The van der Waals surface area contributed by atoms with Gasteiger partial charge in [0.05, 0.1) is 23.6 Å². The first-order valence-electron chi connectivity index (χ1n) is 13.1. The molecule has 0 atom stereocenters. The van der Waals surface area contributed by atoms with Gasteiger partial charge < -0.3 is 15.0 Å². The van der Waals surface area contributed by atoms with Gasteiger partial charge in [0.25, 0.3) is 5.56 Å². The summed E-state index contributed by atoms with van der Waals surface area (Å²) in [6.07, 6.45) is 3.06. The Morgan fingerprint density at radius 1 is 1.18 bits per heavy atom. The smallest absolute Gasteiger partial charge is 0.295 e. The zero-order valence-electron chi connectivity index (χ0n) is 23.6. The van der Waals surface area contributed by atoms with Crippen LogP contribution >= 0.6 is 15.9 Å². The molecule has 1 N–H and O–H groups in total. The number of Topliss-reactive ketones (excluding diaryl/α,β-unsaturated/α-hetero) is 1. The summed E-state index contributed by atoms with van der Waals surface area (Å²) in [6.45, 7) is 6.86. The molecule has 0 saturated heterocycles. The molecule has 0 bridgehead atoms. The predicted octanol–water partition coefficient (Wildman–Crippen LogP) is 4.85. The van der Waals surface area contributed by atoms with Gasteiger partial charge in [0.2, 0.25) is 11.8 Å². The summed E-state index contributed by atoms with van der Waals surface area (Å²) in [7, 11) is 5.77. The van der Waals surface area contributed by atoms with E-state index in [0.717, 1.165) is 17.9 Å². The van der Waals surface area contributed by atoms with Crippen LogP contribution in [0.1, 0.15) is 56.1 Å². The summed E-state index contributed by atoms with van der Waals surface area (Å²) < 4.78 is 9.60. The highest BCUT2D eigenvalue weighted by Gasteiger charge is 2.27. The van der Waals surface area contributed by atoms with Crippen LogP contribution in [0.15, 0.2) is 51.9 Å². The quantitative estimate of drug-likeness (QED) is 0.282. The van der Waals surface area contributed by atoms with Crippen molar-refractivity contribution < 1.29 is 14.3 Å². The Labute approximate surface area is 238 Å². The number of hydrogen-bond donors (Lipinski definition) is 1. The SMILES string of the molecule is CCOc1ncc(Br)cc1C(=O)CCC(C)(C)CC(=O)Nc1c(CCN(C)C)n(C)n(-c2ccccc2)c1=O. The average molecular weight is 601 g/mol. The molecule has 1 aromatic carbocycles. The summed E-state index contributed by atoms with van der Waals surface area (Å²) in [5.74, 6) is -0.0496. The third-order valence-electron chi connectivity index (χ3n) is 6.51. The highest BCUT2D eigenvalue weighted by Crippen LogP contribution is 2.30. The molecule has 3 aromatic rings. The zero-order chi connectivity index (χ0) is 28.7. The molecule has 0 unspecified atom stereocenters. The van der Waals surface area contributed by atoms with Gasteiger partial charge in [-0.05, 0) is 67.0 Å². The maximum absolute atomic E-state index is 13.5. The number of carbonyl (C=O) groups is 2. The Balaban J connectivity index is 1.76. The number of ether oxygens (including phenoxy) is 1. The lowest BCUT2D eigenvalue weighted by atomic mass is 9.83. The van der Waals surface area contributed by atoms with Gasteiger partial charge in [0, 0.05) is 43.5 Å². The first kappa shape index (κ1) is 30.3. The third kappa shape index (κ3) is 7.89. The van der Waals surface area contributed by atoms with Gasteiger partial charge in [-0.25, -0.2) is 9.67 Å². The minimum atomic E-state index is -0.484. The van der Waals surface area contributed by atoms with Crippen molar-refractivity contribution in [2.45, 2.75) is 46.5 Å². The molecule has 10 heteroatoms. The van der Waals surface area contributed by atoms with E-state index in [1.807, 2.05) is 81.8 Å². The van der Waals surface area contributed by atoms with Gasteiger partial charge in [0.15, 0.2) is 5.78 Å². The lowest BCUT2D eigenvalue weighted by Gasteiger charge is -2.23. The van der Waals surface area contributed by atoms with Gasteiger partial charge >= 0.3 is 0 Å². The van der Waals surface area contributed by atoms with Crippen LogP contribution in [0.5, 0.6) is 5.88 Å². The van der Waals surface area contributed by atoms with E-state index in [1.54, 1.807) is 16.9 Å². The lowest BCUT2D eigenvalue weighted by Crippen LogP contribution is -2.26. The minimum absolute atomic E-state index is 0.0967. The molecular weight excluding hydrogens is 562 g/mol. The molecule has 9 nitrogen and oxygen atoms in total. The van der Waals surface area contributed by atoms with Gasteiger partial charge in [-0.1, -0.05) is 32.0 Å². The fourth-order valence-corrected chi connectivity index (χ4v) is 4.75. The van der Waals surface area contributed by atoms with Crippen molar-refractivity contribution in [1.29, 1.82) is 0 Å². The molecule has 0 aliphatic heterocycles. The van der Waals surface area contributed by atoms with Crippen LogP contribution < -0.4 is 15.6 Å². The number of aromatic nitrogens is 3. The van der Waals surface area contributed by atoms with Crippen molar-refractivity contribution in [1.82, 2.24) is 19.2 Å². The summed E-state index contributed by atoms with van der Waals surface area (Å²) in [6, 6.07) is 11.1. The molecule has 0 aliphatic rings. The molecule has 3 rings (SSSR count). The highest BCUT2D eigenvalue weighted by atomic mass is 79.9. The molecule has 0 radical (unpaired) electrons. The molecule has 0 fully saturated rings. The number of para-hydroxylation sites is 1. The number of carbonyl (C=O) groups excluding carboxylic acids is 2. The summed E-state index contributed by atoms with van der Waals surface area (Å²) in [5.41, 5.74) is 1.43. The number of anilines is 1. The largest absolute Gasteiger partial charge is 0.477 e. The van der Waals surface area contributed by atoms with Crippen molar-refractivity contribution in [3.63, 3.8) is 0 Å². The van der Waals surface area contributed by atoms with Crippen molar-refractivity contribution >= 4 is 33.3 Å². The number of amides is 1. The van der Waals surface area contributed by atoms with Crippen LogP contribution in [-0.2, 0) is 18.3 Å². The molecular formula is C29H38BrN5O4. The van der Waals surface area contributed by atoms with Gasteiger partial charge in [-0.2, -0.15) is 0 Å². The Hall–Kier alpha value is -3.24. The van der Waals surface area contributed by atoms with Crippen molar-refractivity contribution in [3.8, 4) is 11.6 Å². The maximum atomic E-state index is 13.5. The van der Waals surface area contributed by atoms with Crippen LogP contribution in [0.4, 0.5) is 5.69 Å². The van der Waals surface area contributed by atoms with E-state index in [4.69, 9.17) is 4.74 Å². The number of halogens is 1. The number of likely N-dealkylation sites (N-methyl/N-ethyl adjacent to an activating group) is 1. The summed E-state index contributed by atoms with van der Waals surface area (Å²) >= 11 is 3.37. The van der Waals surface area contributed by atoms with Crippen LogP contribution in [-0.4, -0.2) is 58.2 Å². The molecule has 0 saturated carbocycles. The van der Waals surface area contributed by atoms with Crippen LogP contribution in [0.3, 0.4) is 0 Å². The Morgan fingerprint density at radius 3 is 2.51 bits per heavy atom. The van der Waals surface area contributed by atoms with E-state index in [-0.39, 0.29) is 30.1 Å². The molecule has 210 valence electrons. The fraction of sp³-hybridized carbons (Fsp3) is 0.448. The number of hydrogen-bond acceptors (Lipinski definition) is 6. The molecule has 39 heavy (non-hydrogen) atoms. The Morgan fingerprint density at radius 2 is 1.87 bits per heavy atom. The van der Waals surface area contributed by atoms with Crippen molar-refractivity contribution in [2.75, 3.05) is 32.6 Å². The topological polar surface area (TPSA) is 98.5 Å². The number of pyridine rings is 1. The second-order valence-corrected chi connectivity index (χ2v) is 11.5. The molecule has 0 spiro atoms. The second kappa shape index (κ2) is 13.2. The molecule has 2 heterocycles. The predicted molar refractivity (Wildman–Crippen MR) is 157 cm³/mol. The number of benzene rings is 1. The zero-order valence-corrected chi connectivity index (χ0v) is 25.2. The fourth-order valence-electron chi connectivity index (χ4n) is 4.42.